The lowest BCUT2D eigenvalue weighted by Crippen LogP contribution is -2.27. The number of esters is 1. The van der Waals surface area contributed by atoms with Crippen LogP contribution in [0.1, 0.15) is 44.9 Å². The summed E-state index contributed by atoms with van der Waals surface area (Å²) in [4.78, 5) is 33.4. The third-order valence-electron chi connectivity index (χ3n) is 3.98. The third-order valence-corrected chi connectivity index (χ3v) is 3.98. The summed E-state index contributed by atoms with van der Waals surface area (Å²) in [5.41, 5.74) is -1.03. The van der Waals surface area contributed by atoms with Crippen molar-refractivity contribution in [2.24, 2.45) is 0 Å². The summed E-state index contributed by atoms with van der Waals surface area (Å²) >= 11 is 0. The van der Waals surface area contributed by atoms with Crippen molar-refractivity contribution < 1.29 is 29.3 Å². The lowest BCUT2D eigenvalue weighted by Gasteiger charge is -2.20. The van der Waals surface area contributed by atoms with Crippen molar-refractivity contribution in [3.63, 3.8) is 0 Å². The molecule has 0 saturated heterocycles. The van der Waals surface area contributed by atoms with Gasteiger partial charge in [-0.05, 0) is 37.8 Å². The van der Waals surface area contributed by atoms with Gasteiger partial charge in [-0.3, -0.25) is 14.4 Å². The van der Waals surface area contributed by atoms with Gasteiger partial charge in [0, 0.05) is 24.8 Å². The number of methoxy groups -OCH3 is 1. The van der Waals surface area contributed by atoms with E-state index in [1.54, 1.807) is 18.2 Å². The van der Waals surface area contributed by atoms with Crippen LogP contribution in [0.2, 0.25) is 0 Å². The molecule has 0 amide bonds. The zero-order valence-corrected chi connectivity index (χ0v) is 15.0. The van der Waals surface area contributed by atoms with Gasteiger partial charge in [0.2, 0.25) is 0 Å². The lowest BCUT2D eigenvalue weighted by atomic mass is 9.92. The molecule has 0 fully saturated rings. The van der Waals surface area contributed by atoms with E-state index in [4.69, 9.17) is 5.11 Å². The average Bonchev–Trinajstić information content (AvgIpc) is 2.88. The zero-order chi connectivity index (χ0) is 19.4. The van der Waals surface area contributed by atoms with E-state index in [9.17, 15) is 19.5 Å². The number of carbonyl (C=O) groups is 3. The molecular formula is C20H26O6. The number of hydrogen-bond donors (Lipinski definition) is 2. The molecule has 0 heterocycles. The van der Waals surface area contributed by atoms with Crippen LogP contribution >= 0.6 is 0 Å². The topological polar surface area (TPSA) is 101 Å². The molecule has 0 spiro atoms. The van der Waals surface area contributed by atoms with Crippen LogP contribution in [0, 0.1) is 0 Å². The van der Waals surface area contributed by atoms with Gasteiger partial charge in [-0.1, -0.05) is 30.4 Å². The Hall–Kier alpha value is -2.47. The molecular weight excluding hydrogens is 336 g/mol. The fourth-order valence-corrected chi connectivity index (χ4v) is 2.49. The first-order valence-corrected chi connectivity index (χ1v) is 8.66. The molecule has 142 valence electrons. The highest BCUT2D eigenvalue weighted by molar-refractivity contribution is 6.09. The Morgan fingerprint density at radius 1 is 1.15 bits per heavy atom. The van der Waals surface area contributed by atoms with Crippen LogP contribution < -0.4 is 0 Å². The first kappa shape index (κ1) is 21.6. The number of unbranched alkanes of at least 4 members (excludes halogenated alkanes) is 2. The maximum absolute atomic E-state index is 11.9. The number of ether oxygens (including phenoxy) is 1. The van der Waals surface area contributed by atoms with Gasteiger partial charge in [0.1, 0.15) is 5.60 Å². The highest BCUT2D eigenvalue weighted by Crippen LogP contribution is 2.30. The van der Waals surface area contributed by atoms with E-state index in [2.05, 4.69) is 4.74 Å². The van der Waals surface area contributed by atoms with E-state index in [1.165, 1.54) is 19.3 Å². The molecule has 0 saturated carbocycles. The van der Waals surface area contributed by atoms with Gasteiger partial charge in [0.15, 0.2) is 5.78 Å². The number of allylic oxidation sites excluding steroid dienone is 5. The van der Waals surface area contributed by atoms with Gasteiger partial charge in [-0.25, -0.2) is 0 Å². The number of ketones is 1. The van der Waals surface area contributed by atoms with Crippen LogP contribution in [0.5, 0.6) is 0 Å². The van der Waals surface area contributed by atoms with Gasteiger partial charge in [0.05, 0.1) is 7.11 Å². The standard InChI is InChI=1S/C20H26O6/c1-26-19(24)12-8-3-2-6-10-16-17(21)13-15-20(16,25)14-9-5-4-7-11-18(22)23/h2,5-6,9-10,13,15,25H,3-4,7-8,11-12,14H2,1H3,(H,22,23)/b6-2+,9-5-,16-10+/t20-/m0/s1. The molecule has 0 unspecified atom stereocenters. The molecule has 2 N–H and O–H groups in total. The van der Waals surface area contributed by atoms with E-state index < -0.39 is 11.6 Å². The monoisotopic (exact) mass is 362 g/mol. The predicted octanol–water partition coefficient (Wildman–Crippen LogP) is 2.88. The minimum atomic E-state index is -1.34. The van der Waals surface area contributed by atoms with Crippen molar-refractivity contribution in [2.75, 3.05) is 7.11 Å². The van der Waals surface area contributed by atoms with Gasteiger partial charge in [-0.15, -0.1) is 0 Å². The summed E-state index contributed by atoms with van der Waals surface area (Å²) in [6.07, 6.45) is 14.7. The van der Waals surface area contributed by atoms with Crippen LogP contribution in [-0.4, -0.2) is 40.6 Å². The first-order valence-electron chi connectivity index (χ1n) is 8.66. The van der Waals surface area contributed by atoms with Crippen molar-refractivity contribution in [1.29, 1.82) is 0 Å². The van der Waals surface area contributed by atoms with Gasteiger partial charge >= 0.3 is 11.9 Å². The van der Waals surface area contributed by atoms with Crippen molar-refractivity contribution in [3.05, 3.63) is 48.1 Å². The smallest absolute Gasteiger partial charge is 0.305 e. The highest BCUT2D eigenvalue weighted by atomic mass is 16.5. The van der Waals surface area contributed by atoms with Gasteiger partial charge in [-0.2, -0.15) is 0 Å². The highest BCUT2D eigenvalue weighted by Gasteiger charge is 2.35. The molecule has 0 aromatic rings. The predicted molar refractivity (Wildman–Crippen MR) is 97.4 cm³/mol. The third kappa shape index (κ3) is 7.61. The molecule has 0 aliphatic heterocycles. The number of carbonyl (C=O) groups excluding carboxylic acids is 2. The SMILES string of the molecule is COC(=O)CCC/C=C/C=C1\C(=O)C=C[C@@]1(O)C/C=C\CCCC(=O)O. The molecule has 0 aromatic carbocycles. The Morgan fingerprint density at radius 3 is 2.54 bits per heavy atom. The quantitative estimate of drug-likeness (QED) is 0.254. The summed E-state index contributed by atoms with van der Waals surface area (Å²) in [6.45, 7) is 0. The van der Waals surface area contributed by atoms with Crippen LogP contribution in [0.4, 0.5) is 0 Å². The average molecular weight is 362 g/mol. The van der Waals surface area contributed by atoms with E-state index in [-0.39, 0.29) is 24.6 Å². The Kier molecular flexibility index (Phi) is 9.30. The summed E-state index contributed by atoms with van der Waals surface area (Å²) in [6, 6.07) is 0. The summed E-state index contributed by atoms with van der Waals surface area (Å²) in [5.74, 6) is -1.31. The second kappa shape index (κ2) is 11.2. The maximum atomic E-state index is 11.9. The van der Waals surface area contributed by atoms with E-state index in [0.29, 0.717) is 37.7 Å². The Morgan fingerprint density at radius 2 is 1.85 bits per heavy atom. The fraction of sp³-hybridized carbons (Fsp3) is 0.450. The molecule has 0 bridgehead atoms. The normalized spacial score (nSPS) is 21.3. The van der Waals surface area contributed by atoms with Crippen molar-refractivity contribution in [3.8, 4) is 0 Å². The second-order valence-electron chi connectivity index (χ2n) is 6.06. The molecule has 0 aromatic heterocycles. The molecule has 1 atom stereocenters. The number of carboxylic acid groups (broad SMARTS) is 1. The van der Waals surface area contributed by atoms with Gasteiger partial charge in [0.25, 0.3) is 0 Å². The maximum Gasteiger partial charge on any atom is 0.305 e. The van der Waals surface area contributed by atoms with Crippen molar-refractivity contribution in [2.45, 2.75) is 50.5 Å². The Labute approximate surface area is 153 Å². The summed E-state index contributed by atoms with van der Waals surface area (Å²) < 4.78 is 4.56. The van der Waals surface area contributed by atoms with E-state index in [0.717, 1.165) is 0 Å². The molecule has 6 nitrogen and oxygen atoms in total. The number of carboxylic acids is 1. The number of rotatable bonds is 11. The van der Waals surface area contributed by atoms with Crippen LogP contribution in [-0.2, 0) is 19.1 Å². The van der Waals surface area contributed by atoms with Gasteiger partial charge < -0.3 is 14.9 Å². The number of aliphatic carboxylic acids is 1. The van der Waals surface area contributed by atoms with Crippen LogP contribution in [0.15, 0.2) is 48.1 Å². The lowest BCUT2D eigenvalue weighted by molar-refractivity contribution is -0.140. The van der Waals surface area contributed by atoms with Crippen LogP contribution in [0.3, 0.4) is 0 Å². The molecule has 1 aliphatic rings. The minimum absolute atomic E-state index is 0.110. The van der Waals surface area contributed by atoms with Crippen LogP contribution in [0.25, 0.3) is 0 Å². The fourth-order valence-electron chi connectivity index (χ4n) is 2.49. The van der Waals surface area contributed by atoms with E-state index >= 15 is 0 Å². The largest absolute Gasteiger partial charge is 0.481 e. The van der Waals surface area contributed by atoms with E-state index in [1.807, 2.05) is 12.2 Å². The summed E-state index contributed by atoms with van der Waals surface area (Å²) in [5, 5.41) is 19.2. The van der Waals surface area contributed by atoms with Crippen molar-refractivity contribution in [1.82, 2.24) is 0 Å². The summed E-state index contributed by atoms with van der Waals surface area (Å²) in [7, 11) is 1.35. The zero-order valence-electron chi connectivity index (χ0n) is 15.0. The Bertz CT molecular complexity index is 626. The van der Waals surface area contributed by atoms with Crippen molar-refractivity contribution >= 4 is 17.7 Å². The Balaban J connectivity index is 2.51. The molecule has 26 heavy (non-hydrogen) atoms. The minimum Gasteiger partial charge on any atom is -0.481 e. The molecule has 1 aliphatic carbocycles. The molecule has 1 rings (SSSR count). The first-order chi connectivity index (χ1) is 12.4. The number of aliphatic hydroxyl groups is 1. The number of hydrogen-bond acceptors (Lipinski definition) is 5. The molecule has 0 radical (unpaired) electrons. The second-order valence-corrected chi connectivity index (χ2v) is 6.06. The molecule has 6 heteroatoms.